The van der Waals surface area contributed by atoms with Crippen LogP contribution < -0.4 is 4.74 Å². The van der Waals surface area contributed by atoms with Crippen molar-refractivity contribution in [3.05, 3.63) is 41.8 Å². The van der Waals surface area contributed by atoms with Gasteiger partial charge in [-0.15, -0.1) is 0 Å². The van der Waals surface area contributed by atoms with E-state index in [1.165, 1.54) is 6.07 Å². The van der Waals surface area contributed by atoms with E-state index in [0.29, 0.717) is 35.7 Å². The number of ether oxygens (including phenoxy) is 2. The van der Waals surface area contributed by atoms with E-state index in [2.05, 4.69) is 10.1 Å². The first-order valence-electron chi connectivity index (χ1n) is 10.9. The molecule has 0 bridgehead atoms. The number of rotatable bonds is 7. The highest BCUT2D eigenvalue weighted by atomic mass is 19.1. The van der Waals surface area contributed by atoms with Crippen LogP contribution in [0.5, 0.6) is 5.88 Å². The van der Waals surface area contributed by atoms with E-state index in [0.717, 1.165) is 36.8 Å². The van der Waals surface area contributed by atoms with E-state index in [1.807, 2.05) is 32.0 Å². The second-order valence-electron chi connectivity index (χ2n) is 7.92. The van der Waals surface area contributed by atoms with Crippen molar-refractivity contribution in [2.45, 2.75) is 52.0 Å². The highest BCUT2D eigenvalue weighted by molar-refractivity contribution is 5.85. The van der Waals surface area contributed by atoms with E-state index in [9.17, 15) is 9.18 Å². The number of pyridine rings is 1. The minimum atomic E-state index is -0.403. The summed E-state index contributed by atoms with van der Waals surface area (Å²) in [7, 11) is 1.54. The Hall–Kier alpha value is -2.96. The lowest BCUT2D eigenvalue weighted by atomic mass is 9.85. The fourth-order valence-electron chi connectivity index (χ4n) is 4.64. The predicted molar refractivity (Wildman–Crippen MR) is 116 cm³/mol. The molecular weight excluding hydrogens is 397 g/mol. The molecule has 1 aliphatic carbocycles. The van der Waals surface area contributed by atoms with Gasteiger partial charge in [0.25, 0.3) is 0 Å². The Labute approximate surface area is 181 Å². The number of hydrogen-bond acceptors (Lipinski definition) is 5. The number of esters is 1. The normalized spacial score (nSPS) is 15.4. The zero-order valence-corrected chi connectivity index (χ0v) is 18.2. The quantitative estimate of drug-likeness (QED) is 0.493. The van der Waals surface area contributed by atoms with E-state index in [4.69, 9.17) is 9.47 Å². The molecule has 0 aliphatic heterocycles. The van der Waals surface area contributed by atoms with Crippen molar-refractivity contribution < 1.29 is 18.7 Å². The molecule has 4 rings (SSSR count). The van der Waals surface area contributed by atoms with Crippen LogP contribution in [-0.4, -0.2) is 34.5 Å². The monoisotopic (exact) mass is 425 g/mol. The van der Waals surface area contributed by atoms with Crippen molar-refractivity contribution in [1.29, 1.82) is 0 Å². The van der Waals surface area contributed by atoms with Gasteiger partial charge >= 0.3 is 5.97 Å². The largest absolute Gasteiger partial charge is 0.481 e. The molecule has 164 valence electrons. The third kappa shape index (κ3) is 4.01. The zero-order chi connectivity index (χ0) is 22.0. The second kappa shape index (κ2) is 9.04. The van der Waals surface area contributed by atoms with Crippen molar-refractivity contribution in [2.75, 3.05) is 13.7 Å². The number of benzene rings is 1. The first kappa shape index (κ1) is 21.3. The second-order valence-corrected chi connectivity index (χ2v) is 7.92. The predicted octanol–water partition coefficient (Wildman–Crippen LogP) is 5.10. The number of hydrogen-bond donors (Lipinski definition) is 0. The molecule has 6 nitrogen and oxygen atoms in total. The Kier molecular flexibility index (Phi) is 6.20. The van der Waals surface area contributed by atoms with E-state index >= 15 is 0 Å². The molecule has 31 heavy (non-hydrogen) atoms. The minimum absolute atomic E-state index is 0.216. The molecule has 1 atom stereocenters. The summed E-state index contributed by atoms with van der Waals surface area (Å²) in [6, 6.07) is 7.05. The fourth-order valence-corrected chi connectivity index (χ4v) is 4.64. The van der Waals surface area contributed by atoms with E-state index in [1.54, 1.807) is 18.0 Å². The molecule has 2 heterocycles. The van der Waals surface area contributed by atoms with Crippen LogP contribution in [0.15, 0.2) is 30.5 Å². The van der Waals surface area contributed by atoms with Gasteiger partial charge in [-0.25, -0.2) is 9.37 Å². The molecule has 0 amide bonds. The molecule has 2 aromatic heterocycles. The smallest absolute Gasteiger partial charge is 0.313 e. The lowest BCUT2D eigenvalue weighted by Gasteiger charge is -2.23. The van der Waals surface area contributed by atoms with Gasteiger partial charge in [-0.1, -0.05) is 18.9 Å². The van der Waals surface area contributed by atoms with Gasteiger partial charge < -0.3 is 9.47 Å². The lowest BCUT2D eigenvalue weighted by Crippen LogP contribution is -2.23. The summed E-state index contributed by atoms with van der Waals surface area (Å²) < 4.78 is 27.4. The molecule has 3 aromatic rings. The Morgan fingerprint density at radius 2 is 2.03 bits per heavy atom. The lowest BCUT2D eigenvalue weighted by molar-refractivity contribution is -0.146. The molecule has 1 aromatic carbocycles. The standard InChI is InChI=1S/C24H28FN3O3/c1-4-28-21-13-16(12-19(25)18(21)14-26-28)20-11-10-17(23(27-20)30-3)22(24(29)31-5-2)15-8-6-7-9-15/h10-15,22H,4-9H2,1-3H3. The Morgan fingerprint density at radius 3 is 2.71 bits per heavy atom. The van der Waals surface area contributed by atoms with Crippen LogP contribution in [-0.2, 0) is 16.1 Å². The van der Waals surface area contributed by atoms with Crippen LogP contribution in [0.4, 0.5) is 4.39 Å². The van der Waals surface area contributed by atoms with E-state index < -0.39 is 5.92 Å². The average Bonchev–Trinajstić information content (AvgIpc) is 3.44. The molecular formula is C24H28FN3O3. The summed E-state index contributed by atoms with van der Waals surface area (Å²) in [5, 5.41) is 4.73. The van der Waals surface area contributed by atoms with Gasteiger partial charge in [0.2, 0.25) is 5.88 Å². The summed E-state index contributed by atoms with van der Waals surface area (Å²) in [5.41, 5.74) is 2.67. The number of methoxy groups -OCH3 is 1. The van der Waals surface area contributed by atoms with Crippen molar-refractivity contribution in [3.63, 3.8) is 0 Å². The van der Waals surface area contributed by atoms with Gasteiger partial charge in [-0.05, 0) is 50.8 Å². The molecule has 0 spiro atoms. The zero-order valence-electron chi connectivity index (χ0n) is 18.2. The third-order valence-electron chi connectivity index (χ3n) is 6.14. The first-order valence-corrected chi connectivity index (χ1v) is 10.9. The molecule has 1 aliphatic rings. The number of carbonyl (C=O) groups is 1. The number of aromatic nitrogens is 3. The molecule has 0 radical (unpaired) electrons. The summed E-state index contributed by atoms with van der Waals surface area (Å²) in [5.74, 6) is -0.381. The van der Waals surface area contributed by atoms with Crippen LogP contribution >= 0.6 is 0 Å². The van der Waals surface area contributed by atoms with Crippen molar-refractivity contribution in [2.24, 2.45) is 5.92 Å². The SMILES string of the molecule is CCOC(=O)C(c1ccc(-c2cc(F)c3cnn(CC)c3c2)nc1OC)C1CCCC1. The number of nitrogens with zero attached hydrogens (tertiary/aromatic N) is 3. The van der Waals surface area contributed by atoms with Crippen LogP contribution in [0.25, 0.3) is 22.2 Å². The van der Waals surface area contributed by atoms with Crippen LogP contribution in [0.2, 0.25) is 0 Å². The number of aryl methyl sites for hydroxylation is 1. The Bertz CT molecular complexity index is 1090. The van der Waals surface area contributed by atoms with Gasteiger partial charge in [0.1, 0.15) is 5.82 Å². The van der Waals surface area contributed by atoms with Crippen LogP contribution in [0.1, 0.15) is 51.0 Å². The summed E-state index contributed by atoms with van der Waals surface area (Å²) in [4.78, 5) is 17.5. The molecule has 0 saturated heterocycles. The molecule has 1 saturated carbocycles. The van der Waals surface area contributed by atoms with Crippen molar-refractivity contribution in [1.82, 2.24) is 14.8 Å². The topological polar surface area (TPSA) is 66.2 Å². The van der Waals surface area contributed by atoms with Gasteiger partial charge in [0.05, 0.1) is 42.4 Å². The number of halogens is 1. The summed E-state index contributed by atoms with van der Waals surface area (Å²) in [6.07, 6.45) is 5.73. The molecule has 0 N–H and O–H groups in total. The summed E-state index contributed by atoms with van der Waals surface area (Å²) in [6.45, 7) is 4.75. The number of fused-ring (bicyclic) bond motifs is 1. The minimum Gasteiger partial charge on any atom is -0.481 e. The van der Waals surface area contributed by atoms with Crippen molar-refractivity contribution >= 4 is 16.9 Å². The van der Waals surface area contributed by atoms with Crippen molar-refractivity contribution in [3.8, 4) is 17.1 Å². The van der Waals surface area contributed by atoms with Gasteiger partial charge in [-0.2, -0.15) is 5.10 Å². The maximum Gasteiger partial charge on any atom is 0.313 e. The average molecular weight is 426 g/mol. The van der Waals surface area contributed by atoms with Gasteiger partial charge in [-0.3, -0.25) is 9.48 Å². The first-order chi connectivity index (χ1) is 15.1. The fraction of sp³-hybridized carbons (Fsp3) is 0.458. The number of carbonyl (C=O) groups excluding carboxylic acids is 1. The Balaban J connectivity index is 1.77. The van der Waals surface area contributed by atoms with Gasteiger partial charge in [0.15, 0.2) is 0 Å². The van der Waals surface area contributed by atoms with Crippen LogP contribution in [0.3, 0.4) is 0 Å². The van der Waals surface area contributed by atoms with E-state index in [-0.39, 0.29) is 17.7 Å². The molecule has 1 fully saturated rings. The molecule has 7 heteroatoms. The molecule has 1 unspecified atom stereocenters. The maximum absolute atomic E-state index is 14.7. The van der Waals surface area contributed by atoms with Gasteiger partial charge in [0, 0.05) is 17.7 Å². The summed E-state index contributed by atoms with van der Waals surface area (Å²) >= 11 is 0. The van der Waals surface area contributed by atoms with Crippen LogP contribution in [0, 0.1) is 11.7 Å². The maximum atomic E-state index is 14.7. The highest BCUT2D eigenvalue weighted by Gasteiger charge is 2.35. The third-order valence-corrected chi connectivity index (χ3v) is 6.14. The highest BCUT2D eigenvalue weighted by Crippen LogP contribution is 2.41. The Morgan fingerprint density at radius 1 is 1.26 bits per heavy atom.